The Morgan fingerprint density at radius 1 is 1.52 bits per heavy atom. The van der Waals surface area contributed by atoms with Crippen LogP contribution in [0.1, 0.15) is 23.1 Å². The van der Waals surface area contributed by atoms with Crippen LogP contribution in [0.2, 0.25) is 0 Å². The Labute approximate surface area is 120 Å². The molecule has 0 aliphatic heterocycles. The Balaban J connectivity index is 2.38. The van der Waals surface area contributed by atoms with Gasteiger partial charge in [-0.2, -0.15) is 5.10 Å². The first-order valence-corrected chi connectivity index (χ1v) is 6.26. The highest BCUT2D eigenvalue weighted by Crippen LogP contribution is 2.33. The predicted molar refractivity (Wildman–Crippen MR) is 75.4 cm³/mol. The molecule has 1 aromatic carbocycles. The normalized spacial score (nSPS) is 10.4. The van der Waals surface area contributed by atoms with Crippen LogP contribution >= 0.6 is 0 Å². The first-order chi connectivity index (χ1) is 9.93. The number of carbonyl (C=O) groups is 1. The largest absolute Gasteiger partial charge is 0.505 e. The van der Waals surface area contributed by atoms with Crippen molar-refractivity contribution in [2.24, 2.45) is 0 Å². The van der Waals surface area contributed by atoms with Crippen LogP contribution in [0, 0.1) is 17.0 Å². The third-order valence-electron chi connectivity index (χ3n) is 2.89. The molecule has 2 rings (SSSR count). The van der Waals surface area contributed by atoms with Gasteiger partial charge in [0.25, 0.3) is 11.6 Å². The molecule has 0 aliphatic rings. The Morgan fingerprint density at radius 2 is 2.24 bits per heavy atom. The van der Waals surface area contributed by atoms with E-state index in [1.165, 1.54) is 22.9 Å². The molecule has 0 aliphatic carbocycles. The molecule has 0 fully saturated rings. The number of aromatic hydroxyl groups is 1. The molecule has 21 heavy (non-hydrogen) atoms. The Bertz CT molecular complexity index is 708. The molecule has 1 aromatic heterocycles. The van der Waals surface area contributed by atoms with Crippen LogP contribution in [0.25, 0.3) is 0 Å². The van der Waals surface area contributed by atoms with Crippen molar-refractivity contribution in [3.63, 3.8) is 0 Å². The number of phenolic OH excluding ortho intramolecular Hbond substituents is 1. The number of phenols is 1. The minimum Gasteiger partial charge on any atom is -0.505 e. The highest BCUT2D eigenvalue weighted by atomic mass is 16.6. The minimum atomic E-state index is -0.669. The van der Waals surface area contributed by atoms with Crippen LogP contribution in [0.4, 0.5) is 11.4 Å². The van der Waals surface area contributed by atoms with Gasteiger partial charge in [0.1, 0.15) is 11.4 Å². The van der Waals surface area contributed by atoms with Crippen molar-refractivity contribution in [3.8, 4) is 5.75 Å². The summed E-state index contributed by atoms with van der Waals surface area (Å²) in [5.74, 6) is -0.932. The van der Waals surface area contributed by atoms with Gasteiger partial charge in [-0.25, -0.2) is 0 Å². The topological polar surface area (TPSA) is 110 Å². The van der Waals surface area contributed by atoms with E-state index in [9.17, 15) is 20.0 Å². The van der Waals surface area contributed by atoms with E-state index < -0.39 is 10.8 Å². The van der Waals surface area contributed by atoms with Gasteiger partial charge in [0.15, 0.2) is 5.69 Å². The average Bonchev–Trinajstić information content (AvgIpc) is 2.82. The first-order valence-electron chi connectivity index (χ1n) is 6.26. The number of hydrogen-bond donors (Lipinski definition) is 2. The molecular formula is C13H14N4O4. The number of hydrogen-bond acceptors (Lipinski definition) is 5. The Kier molecular flexibility index (Phi) is 3.88. The van der Waals surface area contributed by atoms with Crippen molar-refractivity contribution in [2.45, 2.75) is 20.4 Å². The average molecular weight is 290 g/mol. The van der Waals surface area contributed by atoms with Crippen molar-refractivity contribution < 1.29 is 14.8 Å². The lowest BCUT2D eigenvalue weighted by atomic mass is 10.2. The smallest absolute Gasteiger partial charge is 0.296 e. The Morgan fingerprint density at radius 3 is 2.86 bits per heavy atom. The maximum Gasteiger partial charge on any atom is 0.296 e. The lowest BCUT2D eigenvalue weighted by Gasteiger charge is -2.08. The molecule has 0 saturated heterocycles. The minimum absolute atomic E-state index is 0.228. The maximum atomic E-state index is 12.2. The van der Waals surface area contributed by atoms with Crippen LogP contribution in [-0.2, 0) is 6.54 Å². The van der Waals surface area contributed by atoms with Crippen molar-refractivity contribution in [1.29, 1.82) is 0 Å². The van der Waals surface area contributed by atoms with E-state index in [2.05, 4.69) is 10.4 Å². The number of nitrogens with zero attached hydrogens (tertiary/aromatic N) is 3. The number of carbonyl (C=O) groups excluding carboxylic acids is 1. The first kappa shape index (κ1) is 14.5. The van der Waals surface area contributed by atoms with E-state index in [1.807, 2.05) is 6.92 Å². The monoisotopic (exact) mass is 290 g/mol. The maximum absolute atomic E-state index is 12.2. The molecule has 8 nitrogen and oxygen atoms in total. The zero-order chi connectivity index (χ0) is 15.6. The van der Waals surface area contributed by atoms with E-state index in [0.29, 0.717) is 12.2 Å². The van der Waals surface area contributed by atoms with Crippen LogP contribution in [-0.4, -0.2) is 25.7 Å². The molecule has 2 N–H and O–H groups in total. The quantitative estimate of drug-likeness (QED) is 0.509. The molecule has 1 amide bonds. The summed E-state index contributed by atoms with van der Waals surface area (Å²) in [4.78, 5) is 22.5. The number of nitro groups is 1. The summed E-state index contributed by atoms with van der Waals surface area (Å²) in [6.07, 6.45) is 0. The fourth-order valence-corrected chi connectivity index (χ4v) is 1.96. The number of nitro benzene ring substituents is 1. The van der Waals surface area contributed by atoms with Crippen LogP contribution in [0.5, 0.6) is 5.75 Å². The zero-order valence-electron chi connectivity index (χ0n) is 11.5. The number of nitrogens with one attached hydrogen (secondary N) is 1. The second kappa shape index (κ2) is 5.61. The third kappa shape index (κ3) is 2.83. The molecule has 0 bridgehead atoms. The summed E-state index contributed by atoms with van der Waals surface area (Å²) in [5, 5.41) is 27.2. The third-order valence-corrected chi connectivity index (χ3v) is 2.89. The number of amides is 1. The number of rotatable bonds is 4. The van der Waals surface area contributed by atoms with Gasteiger partial charge in [-0.15, -0.1) is 0 Å². The highest BCUT2D eigenvalue weighted by molar-refractivity contribution is 6.05. The van der Waals surface area contributed by atoms with Gasteiger partial charge in [0.05, 0.1) is 10.6 Å². The number of para-hydroxylation sites is 1. The predicted octanol–water partition coefficient (Wildman–Crippen LogP) is 2.08. The van der Waals surface area contributed by atoms with Crippen LogP contribution < -0.4 is 5.32 Å². The summed E-state index contributed by atoms with van der Waals surface area (Å²) < 4.78 is 1.48. The second-order valence-electron chi connectivity index (χ2n) is 4.37. The molecule has 0 radical (unpaired) electrons. The number of anilines is 1. The molecule has 0 spiro atoms. The van der Waals surface area contributed by atoms with Crippen LogP contribution in [0.3, 0.4) is 0 Å². The summed E-state index contributed by atoms with van der Waals surface area (Å²) >= 11 is 0. The van der Waals surface area contributed by atoms with E-state index in [4.69, 9.17) is 0 Å². The number of benzene rings is 1. The summed E-state index contributed by atoms with van der Waals surface area (Å²) in [7, 11) is 0. The van der Waals surface area contributed by atoms with Crippen molar-refractivity contribution in [3.05, 3.63) is 45.8 Å². The second-order valence-corrected chi connectivity index (χ2v) is 4.37. The highest BCUT2D eigenvalue weighted by Gasteiger charge is 2.22. The van der Waals surface area contributed by atoms with Crippen LogP contribution in [0.15, 0.2) is 24.3 Å². The lowest BCUT2D eigenvalue weighted by molar-refractivity contribution is -0.384. The fourth-order valence-electron chi connectivity index (χ4n) is 1.96. The van der Waals surface area contributed by atoms with Gasteiger partial charge in [-0.05, 0) is 26.0 Å². The molecule has 8 heteroatoms. The zero-order valence-corrected chi connectivity index (χ0v) is 11.5. The van der Waals surface area contributed by atoms with Crippen molar-refractivity contribution >= 4 is 17.3 Å². The van der Waals surface area contributed by atoms with E-state index >= 15 is 0 Å². The SMILES string of the molecule is CCn1nc(C)cc1C(=O)Nc1c(O)cccc1[N+](=O)[O-]. The summed E-state index contributed by atoms with van der Waals surface area (Å²) in [5.41, 5.74) is 0.331. The number of aromatic nitrogens is 2. The molecule has 0 unspecified atom stereocenters. The molecular weight excluding hydrogens is 276 g/mol. The van der Waals surface area contributed by atoms with Gasteiger partial charge >= 0.3 is 0 Å². The van der Waals surface area contributed by atoms with Gasteiger partial charge in [0, 0.05) is 12.6 Å². The van der Waals surface area contributed by atoms with Gasteiger partial charge in [-0.3, -0.25) is 19.6 Å². The summed E-state index contributed by atoms with van der Waals surface area (Å²) in [6.45, 7) is 4.05. The molecule has 0 saturated carbocycles. The lowest BCUT2D eigenvalue weighted by Crippen LogP contribution is -2.18. The Hall–Kier alpha value is -2.90. The van der Waals surface area contributed by atoms with E-state index in [1.54, 1.807) is 13.0 Å². The summed E-state index contributed by atoms with van der Waals surface area (Å²) in [6, 6.07) is 5.39. The fraction of sp³-hybridized carbons (Fsp3) is 0.231. The van der Waals surface area contributed by atoms with Gasteiger partial charge < -0.3 is 10.4 Å². The van der Waals surface area contributed by atoms with Gasteiger partial charge in [-0.1, -0.05) is 6.07 Å². The molecule has 0 atom stereocenters. The van der Waals surface area contributed by atoms with Crippen molar-refractivity contribution in [1.82, 2.24) is 9.78 Å². The standard InChI is InChI=1S/C13H14N4O4/c1-3-16-10(7-8(2)15-16)13(19)14-12-9(17(20)21)5-4-6-11(12)18/h4-7,18H,3H2,1-2H3,(H,14,19). The van der Waals surface area contributed by atoms with E-state index in [-0.39, 0.29) is 22.8 Å². The number of aryl methyl sites for hydroxylation is 2. The van der Waals surface area contributed by atoms with Gasteiger partial charge in [0.2, 0.25) is 0 Å². The molecule has 1 heterocycles. The van der Waals surface area contributed by atoms with E-state index in [0.717, 1.165) is 0 Å². The van der Waals surface area contributed by atoms with Crippen molar-refractivity contribution in [2.75, 3.05) is 5.32 Å². The molecule has 2 aromatic rings. The molecule has 110 valence electrons.